The molecule has 5 nitrogen and oxygen atoms in total. The fourth-order valence-corrected chi connectivity index (χ4v) is 2.19. The summed E-state index contributed by atoms with van der Waals surface area (Å²) in [5.74, 6) is 1.37. The van der Waals surface area contributed by atoms with Crippen LogP contribution < -0.4 is 15.2 Å². The van der Waals surface area contributed by atoms with Crippen LogP contribution >= 0.6 is 0 Å². The third-order valence-electron chi connectivity index (χ3n) is 3.33. The third kappa shape index (κ3) is 3.51. The van der Waals surface area contributed by atoms with Gasteiger partial charge in [0, 0.05) is 31.3 Å². The van der Waals surface area contributed by atoms with E-state index in [0.29, 0.717) is 18.0 Å². The van der Waals surface area contributed by atoms with E-state index in [1.165, 1.54) is 0 Å². The fraction of sp³-hybridized carbons (Fsp3) is 0.400. The quantitative estimate of drug-likeness (QED) is 0.841. The van der Waals surface area contributed by atoms with Gasteiger partial charge in [-0.15, -0.1) is 0 Å². The molecule has 1 aliphatic rings. The predicted octanol–water partition coefficient (Wildman–Crippen LogP) is 1.28. The number of carbonyl (C=O) groups excluding carboxylic acids is 1. The Morgan fingerprint density at radius 3 is 2.45 bits per heavy atom. The van der Waals surface area contributed by atoms with Crippen LogP contribution in [0.25, 0.3) is 6.08 Å². The van der Waals surface area contributed by atoms with Gasteiger partial charge < -0.3 is 20.1 Å². The number of hydrogen-bond donors (Lipinski definition) is 1. The first-order valence-electron chi connectivity index (χ1n) is 6.58. The van der Waals surface area contributed by atoms with Crippen LogP contribution in [0.1, 0.15) is 12.0 Å². The Kier molecular flexibility index (Phi) is 4.63. The van der Waals surface area contributed by atoms with Crippen molar-refractivity contribution in [2.75, 3.05) is 27.3 Å². The molecule has 1 aromatic rings. The van der Waals surface area contributed by atoms with Crippen LogP contribution in [0.15, 0.2) is 24.3 Å². The molecule has 1 atom stereocenters. The first-order valence-corrected chi connectivity index (χ1v) is 6.58. The highest BCUT2D eigenvalue weighted by Crippen LogP contribution is 2.23. The second-order valence-corrected chi connectivity index (χ2v) is 4.81. The van der Waals surface area contributed by atoms with Crippen molar-refractivity contribution in [3.8, 4) is 11.5 Å². The molecule has 108 valence electrons. The first-order chi connectivity index (χ1) is 9.62. The third-order valence-corrected chi connectivity index (χ3v) is 3.33. The number of nitrogens with zero attached hydrogens (tertiary/aromatic N) is 1. The second-order valence-electron chi connectivity index (χ2n) is 4.81. The lowest BCUT2D eigenvalue weighted by Crippen LogP contribution is -2.30. The minimum Gasteiger partial charge on any atom is -0.497 e. The Morgan fingerprint density at radius 1 is 1.30 bits per heavy atom. The van der Waals surface area contributed by atoms with E-state index in [1.807, 2.05) is 12.1 Å². The number of rotatable bonds is 4. The van der Waals surface area contributed by atoms with Gasteiger partial charge in [-0.2, -0.15) is 0 Å². The smallest absolute Gasteiger partial charge is 0.246 e. The lowest BCUT2D eigenvalue weighted by atomic mass is 10.2. The van der Waals surface area contributed by atoms with Crippen LogP contribution in [0.5, 0.6) is 11.5 Å². The van der Waals surface area contributed by atoms with Gasteiger partial charge in [0.25, 0.3) is 0 Å². The van der Waals surface area contributed by atoms with Gasteiger partial charge >= 0.3 is 0 Å². The normalized spacial score (nSPS) is 18.6. The number of likely N-dealkylation sites (tertiary alicyclic amines) is 1. The van der Waals surface area contributed by atoms with Crippen LogP contribution in [0.2, 0.25) is 0 Å². The van der Waals surface area contributed by atoms with Crippen molar-refractivity contribution in [2.45, 2.75) is 12.5 Å². The summed E-state index contributed by atoms with van der Waals surface area (Å²) in [5.41, 5.74) is 6.65. The van der Waals surface area contributed by atoms with Crippen molar-refractivity contribution in [1.82, 2.24) is 4.90 Å². The van der Waals surface area contributed by atoms with Crippen molar-refractivity contribution in [3.05, 3.63) is 29.8 Å². The van der Waals surface area contributed by atoms with Gasteiger partial charge in [0.2, 0.25) is 5.91 Å². The molecule has 0 bridgehead atoms. The molecule has 1 saturated heterocycles. The lowest BCUT2D eigenvalue weighted by molar-refractivity contribution is -0.124. The summed E-state index contributed by atoms with van der Waals surface area (Å²) in [6.45, 7) is 1.36. The molecule has 2 rings (SSSR count). The van der Waals surface area contributed by atoms with Crippen LogP contribution in [0, 0.1) is 0 Å². The molecule has 1 aromatic carbocycles. The summed E-state index contributed by atoms with van der Waals surface area (Å²) in [5, 5.41) is 0. The molecule has 1 fully saturated rings. The summed E-state index contributed by atoms with van der Waals surface area (Å²) >= 11 is 0. The Hall–Kier alpha value is -2.01. The molecular weight excluding hydrogens is 256 g/mol. The predicted molar refractivity (Wildman–Crippen MR) is 77.8 cm³/mol. The van der Waals surface area contributed by atoms with E-state index in [1.54, 1.807) is 37.3 Å². The molecule has 0 spiro atoms. The van der Waals surface area contributed by atoms with Crippen molar-refractivity contribution >= 4 is 12.0 Å². The van der Waals surface area contributed by atoms with Crippen LogP contribution in [0.4, 0.5) is 0 Å². The van der Waals surface area contributed by atoms with E-state index < -0.39 is 0 Å². The molecule has 2 N–H and O–H groups in total. The van der Waals surface area contributed by atoms with Crippen molar-refractivity contribution < 1.29 is 14.3 Å². The summed E-state index contributed by atoms with van der Waals surface area (Å²) < 4.78 is 10.4. The maximum Gasteiger partial charge on any atom is 0.246 e. The van der Waals surface area contributed by atoms with Gasteiger partial charge in [0.15, 0.2) is 0 Å². The highest BCUT2D eigenvalue weighted by Gasteiger charge is 2.21. The maximum atomic E-state index is 12.0. The maximum absolute atomic E-state index is 12.0. The van der Waals surface area contributed by atoms with Gasteiger partial charge in [0.05, 0.1) is 14.2 Å². The highest BCUT2D eigenvalue weighted by molar-refractivity contribution is 5.92. The van der Waals surface area contributed by atoms with Crippen molar-refractivity contribution in [3.63, 3.8) is 0 Å². The zero-order valence-electron chi connectivity index (χ0n) is 11.8. The number of carbonyl (C=O) groups is 1. The number of amides is 1. The Bertz CT molecular complexity index is 492. The molecule has 1 heterocycles. The summed E-state index contributed by atoms with van der Waals surface area (Å²) in [4.78, 5) is 13.8. The van der Waals surface area contributed by atoms with E-state index >= 15 is 0 Å². The van der Waals surface area contributed by atoms with Gasteiger partial charge in [-0.3, -0.25) is 4.79 Å². The van der Waals surface area contributed by atoms with E-state index in [0.717, 1.165) is 18.5 Å². The standard InChI is InChI=1S/C15H20N2O3/c1-19-13-7-11(8-14(9-13)20-2)3-4-15(18)17-6-5-12(16)10-17/h3-4,7-9,12H,5-6,10,16H2,1-2H3/b4-3+. The topological polar surface area (TPSA) is 64.8 Å². The average molecular weight is 276 g/mol. The average Bonchev–Trinajstić information content (AvgIpc) is 2.91. The van der Waals surface area contributed by atoms with Gasteiger partial charge in [0.1, 0.15) is 11.5 Å². The number of benzene rings is 1. The van der Waals surface area contributed by atoms with Gasteiger partial charge in [-0.25, -0.2) is 0 Å². The Balaban J connectivity index is 2.08. The summed E-state index contributed by atoms with van der Waals surface area (Å²) in [6.07, 6.45) is 4.19. The molecule has 5 heteroatoms. The second kappa shape index (κ2) is 6.43. The lowest BCUT2D eigenvalue weighted by Gasteiger charge is -2.12. The zero-order chi connectivity index (χ0) is 14.5. The number of nitrogens with two attached hydrogens (primary N) is 1. The van der Waals surface area contributed by atoms with E-state index in [4.69, 9.17) is 15.2 Å². The molecule has 0 radical (unpaired) electrons. The molecule has 20 heavy (non-hydrogen) atoms. The van der Waals surface area contributed by atoms with E-state index in [2.05, 4.69) is 0 Å². The van der Waals surface area contributed by atoms with Gasteiger partial charge in [-0.1, -0.05) is 0 Å². The SMILES string of the molecule is COc1cc(/C=C/C(=O)N2CCC(N)C2)cc(OC)c1. The van der Waals surface area contributed by atoms with Crippen molar-refractivity contribution in [2.24, 2.45) is 5.73 Å². The molecule has 1 aliphatic heterocycles. The van der Waals surface area contributed by atoms with Crippen LogP contribution in [-0.2, 0) is 4.79 Å². The molecule has 0 aliphatic carbocycles. The minimum absolute atomic E-state index is 0.0141. The van der Waals surface area contributed by atoms with E-state index in [-0.39, 0.29) is 11.9 Å². The van der Waals surface area contributed by atoms with E-state index in [9.17, 15) is 4.79 Å². The fourth-order valence-electron chi connectivity index (χ4n) is 2.19. The molecule has 0 saturated carbocycles. The highest BCUT2D eigenvalue weighted by atomic mass is 16.5. The molecule has 1 unspecified atom stereocenters. The molecule has 0 aromatic heterocycles. The number of hydrogen-bond acceptors (Lipinski definition) is 4. The number of methoxy groups -OCH3 is 2. The minimum atomic E-state index is -0.0141. The Labute approximate surface area is 119 Å². The van der Waals surface area contributed by atoms with Crippen molar-refractivity contribution in [1.29, 1.82) is 0 Å². The Morgan fingerprint density at radius 2 is 1.95 bits per heavy atom. The monoisotopic (exact) mass is 276 g/mol. The van der Waals surface area contributed by atoms with Crippen LogP contribution in [0.3, 0.4) is 0 Å². The number of ether oxygens (including phenoxy) is 2. The van der Waals surface area contributed by atoms with Crippen LogP contribution in [-0.4, -0.2) is 44.2 Å². The largest absolute Gasteiger partial charge is 0.497 e. The zero-order valence-corrected chi connectivity index (χ0v) is 11.8. The summed E-state index contributed by atoms with van der Waals surface area (Å²) in [7, 11) is 3.19. The molecule has 1 amide bonds. The summed E-state index contributed by atoms with van der Waals surface area (Å²) in [6, 6.07) is 5.59. The molecular formula is C15H20N2O3. The van der Waals surface area contributed by atoms with Gasteiger partial charge in [-0.05, 0) is 30.2 Å². The first kappa shape index (κ1) is 14.4.